The second kappa shape index (κ2) is 10.8. The summed E-state index contributed by atoms with van der Waals surface area (Å²) in [6.45, 7) is 0.488. The van der Waals surface area contributed by atoms with Crippen LogP contribution in [0.25, 0.3) is 0 Å². The van der Waals surface area contributed by atoms with Crippen molar-refractivity contribution < 1.29 is 28.6 Å². The molecule has 154 valence electrons. The van der Waals surface area contributed by atoms with Crippen LogP contribution >= 0.6 is 0 Å². The number of carboxylic acid groups (broad SMARTS) is 1. The molecule has 0 saturated carbocycles. The molecular weight excluding hydrogens is 379 g/mol. The van der Waals surface area contributed by atoms with E-state index in [9.17, 15) is 18.8 Å². The number of carbonyl (C=O) groups excluding carboxylic acids is 2. The van der Waals surface area contributed by atoms with E-state index in [1.165, 1.54) is 24.1 Å². The van der Waals surface area contributed by atoms with E-state index >= 15 is 0 Å². The summed E-state index contributed by atoms with van der Waals surface area (Å²) in [5.41, 5.74) is 1.63. The van der Waals surface area contributed by atoms with Gasteiger partial charge in [-0.1, -0.05) is 36.4 Å². The molecule has 0 heterocycles. The van der Waals surface area contributed by atoms with Crippen LogP contribution in [0.5, 0.6) is 0 Å². The minimum absolute atomic E-state index is 0.0844. The highest BCUT2D eigenvalue weighted by Crippen LogP contribution is 2.12. The van der Waals surface area contributed by atoms with E-state index in [-0.39, 0.29) is 31.8 Å². The third kappa shape index (κ3) is 6.91. The Bertz CT molecular complexity index is 844. The normalized spacial score (nSPS) is 10.3. The molecule has 0 radical (unpaired) electrons. The van der Waals surface area contributed by atoms with Crippen molar-refractivity contribution >= 4 is 18.5 Å². The summed E-state index contributed by atoms with van der Waals surface area (Å²) in [7, 11) is 1.40. The molecule has 1 N–H and O–H groups in total. The number of ether oxygens (including phenoxy) is 1. The summed E-state index contributed by atoms with van der Waals surface area (Å²) < 4.78 is 18.6. The zero-order chi connectivity index (χ0) is 21.2. The maximum Gasteiger partial charge on any atom is 0.410 e. The molecule has 0 fully saturated rings. The number of likely N-dealkylation sites (N-methyl/N-ethyl adjacent to an activating group) is 1. The van der Waals surface area contributed by atoms with Gasteiger partial charge in [-0.3, -0.25) is 4.79 Å². The van der Waals surface area contributed by atoms with Gasteiger partial charge in [0.15, 0.2) is 0 Å². The Hall–Kier alpha value is -3.42. The monoisotopic (exact) mass is 402 g/mol. The smallest absolute Gasteiger partial charge is 0.410 e. The third-order valence-corrected chi connectivity index (χ3v) is 4.38. The first kappa shape index (κ1) is 21.9. The van der Waals surface area contributed by atoms with Crippen molar-refractivity contribution in [2.75, 3.05) is 26.7 Å². The molecule has 0 aliphatic carbocycles. The predicted octanol–water partition coefficient (Wildman–Crippen LogP) is 3.43. The summed E-state index contributed by atoms with van der Waals surface area (Å²) in [6, 6.07) is 13.0. The van der Waals surface area contributed by atoms with Crippen LogP contribution in [-0.4, -0.2) is 60.1 Å². The van der Waals surface area contributed by atoms with E-state index in [2.05, 4.69) is 0 Å². The second-order valence-corrected chi connectivity index (χ2v) is 6.44. The summed E-state index contributed by atoms with van der Waals surface area (Å²) in [6.07, 6.45) is -0.841. The Morgan fingerprint density at radius 1 is 1.10 bits per heavy atom. The summed E-state index contributed by atoms with van der Waals surface area (Å²) >= 11 is 0. The van der Waals surface area contributed by atoms with Crippen molar-refractivity contribution in [1.82, 2.24) is 9.80 Å². The molecule has 0 saturated heterocycles. The molecule has 0 aliphatic rings. The number of aldehydes is 1. The standard InChI is InChI=1S/C21H23FN2O5/c1-23(20(26)27)11-12-24(21(28)29-15-16-5-3-2-4-6-16)10-9-17-7-8-19(22)13-18(17)14-25/h2-8,13-14H,9-12,15H2,1H3,(H,26,27). The highest BCUT2D eigenvalue weighted by atomic mass is 19.1. The molecule has 2 rings (SSSR count). The van der Waals surface area contributed by atoms with Gasteiger partial charge < -0.3 is 19.6 Å². The lowest BCUT2D eigenvalue weighted by atomic mass is 10.1. The Morgan fingerprint density at radius 3 is 2.48 bits per heavy atom. The van der Waals surface area contributed by atoms with E-state index in [1.807, 2.05) is 30.3 Å². The van der Waals surface area contributed by atoms with Gasteiger partial charge in [0, 0.05) is 32.2 Å². The van der Waals surface area contributed by atoms with Crippen LogP contribution in [0, 0.1) is 5.82 Å². The van der Waals surface area contributed by atoms with Gasteiger partial charge in [0.25, 0.3) is 0 Å². The lowest BCUT2D eigenvalue weighted by Crippen LogP contribution is -2.40. The molecule has 0 bridgehead atoms. The third-order valence-electron chi connectivity index (χ3n) is 4.38. The SMILES string of the molecule is CN(CCN(CCc1ccc(F)cc1C=O)C(=O)OCc1ccccc1)C(=O)O. The number of carbonyl (C=O) groups is 3. The van der Waals surface area contributed by atoms with E-state index < -0.39 is 18.0 Å². The van der Waals surface area contributed by atoms with Crippen molar-refractivity contribution in [2.45, 2.75) is 13.0 Å². The lowest BCUT2D eigenvalue weighted by Gasteiger charge is -2.24. The zero-order valence-electron chi connectivity index (χ0n) is 16.1. The molecule has 2 amide bonds. The van der Waals surface area contributed by atoms with E-state index in [0.29, 0.717) is 18.3 Å². The van der Waals surface area contributed by atoms with Crippen LogP contribution < -0.4 is 0 Å². The van der Waals surface area contributed by atoms with Crippen LogP contribution in [0.3, 0.4) is 0 Å². The fourth-order valence-electron chi connectivity index (χ4n) is 2.63. The average Bonchev–Trinajstić information content (AvgIpc) is 2.73. The molecule has 29 heavy (non-hydrogen) atoms. The lowest BCUT2D eigenvalue weighted by molar-refractivity contribution is 0.0915. The Labute approximate surface area is 168 Å². The quantitative estimate of drug-likeness (QED) is 0.650. The van der Waals surface area contributed by atoms with Gasteiger partial charge in [-0.25, -0.2) is 14.0 Å². The zero-order valence-corrected chi connectivity index (χ0v) is 16.1. The van der Waals surface area contributed by atoms with E-state index in [4.69, 9.17) is 9.84 Å². The van der Waals surface area contributed by atoms with Gasteiger partial charge in [-0.15, -0.1) is 0 Å². The molecular formula is C21H23FN2O5. The highest BCUT2D eigenvalue weighted by molar-refractivity contribution is 5.77. The van der Waals surface area contributed by atoms with Gasteiger partial charge in [0.05, 0.1) is 0 Å². The largest absolute Gasteiger partial charge is 0.465 e. The van der Waals surface area contributed by atoms with Crippen LogP contribution in [0.2, 0.25) is 0 Å². The van der Waals surface area contributed by atoms with Gasteiger partial charge in [0.1, 0.15) is 18.7 Å². The van der Waals surface area contributed by atoms with Gasteiger partial charge in [-0.05, 0) is 29.7 Å². The maximum absolute atomic E-state index is 13.3. The molecule has 0 atom stereocenters. The first-order valence-electron chi connectivity index (χ1n) is 9.04. The molecule has 0 aliphatic heterocycles. The fraction of sp³-hybridized carbons (Fsp3) is 0.286. The number of hydrogen-bond acceptors (Lipinski definition) is 4. The fourth-order valence-corrected chi connectivity index (χ4v) is 2.63. The summed E-state index contributed by atoms with van der Waals surface area (Å²) in [5, 5.41) is 9.00. The van der Waals surface area contributed by atoms with Gasteiger partial charge in [0.2, 0.25) is 0 Å². The highest BCUT2D eigenvalue weighted by Gasteiger charge is 2.18. The van der Waals surface area contributed by atoms with Crippen LogP contribution in [0.1, 0.15) is 21.5 Å². The van der Waals surface area contributed by atoms with Crippen LogP contribution in [-0.2, 0) is 17.8 Å². The molecule has 8 heteroatoms. The molecule has 7 nitrogen and oxygen atoms in total. The molecule has 0 spiro atoms. The second-order valence-electron chi connectivity index (χ2n) is 6.44. The number of nitrogens with zero attached hydrogens (tertiary/aromatic N) is 2. The Kier molecular flexibility index (Phi) is 8.14. The summed E-state index contributed by atoms with van der Waals surface area (Å²) in [4.78, 5) is 37.1. The van der Waals surface area contributed by atoms with Crippen molar-refractivity contribution in [2.24, 2.45) is 0 Å². The molecule has 2 aromatic rings. The number of hydrogen-bond donors (Lipinski definition) is 1. The summed E-state index contributed by atoms with van der Waals surface area (Å²) in [5.74, 6) is -0.516. The number of rotatable bonds is 9. The molecule has 0 aromatic heterocycles. The Balaban J connectivity index is 2.04. The van der Waals surface area contributed by atoms with Crippen LogP contribution in [0.4, 0.5) is 14.0 Å². The van der Waals surface area contributed by atoms with E-state index in [1.54, 1.807) is 0 Å². The maximum atomic E-state index is 13.3. The van der Waals surface area contributed by atoms with Crippen molar-refractivity contribution in [3.63, 3.8) is 0 Å². The minimum Gasteiger partial charge on any atom is -0.465 e. The van der Waals surface area contributed by atoms with Crippen molar-refractivity contribution in [1.29, 1.82) is 0 Å². The molecule has 2 aromatic carbocycles. The first-order valence-corrected chi connectivity index (χ1v) is 9.04. The molecule has 0 unspecified atom stereocenters. The van der Waals surface area contributed by atoms with Gasteiger partial charge in [-0.2, -0.15) is 0 Å². The number of benzene rings is 2. The van der Waals surface area contributed by atoms with Crippen molar-refractivity contribution in [3.8, 4) is 0 Å². The number of halogens is 1. The van der Waals surface area contributed by atoms with Crippen LogP contribution in [0.15, 0.2) is 48.5 Å². The average molecular weight is 402 g/mol. The topological polar surface area (TPSA) is 87.2 Å². The predicted molar refractivity (Wildman–Crippen MR) is 104 cm³/mol. The minimum atomic E-state index is -1.11. The number of amides is 2. The van der Waals surface area contributed by atoms with Crippen molar-refractivity contribution in [3.05, 3.63) is 71.0 Å². The first-order chi connectivity index (χ1) is 13.9. The Morgan fingerprint density at radius 2 is 1.83 bits per heavy atom. The van der Waals surface area contributed by atoms with E-state index in [0.717, 1.165) is 16.5 Å². The van der Waals surface area contributed by atoms with Gasteiger partial charge >= 0.3 is 12.2 Å².